The van der Waals surface area contributed by atoms with Gasteiger partial charge in [0.25, 0.3) is 10.1 Å². The van der Waals surface area contributed by atoms with Crippen LogP contribution in [-0.2, 0) is 27.9 Å². The van der Waals surface area contributed by atoms with E-state index < -0.39 is 24.8 Å². The van der Waals surface area contributed by atoms with Crippen LogP contribution in [0.5, 0.6) is 0 Å². The Kier molecular flexibility index (Phi) is 3.39. The first kappa shape index (κ1) is 11.4. The van der Waals surface area contributed by atoms with E-state index in [4.69, 9.17) is 13.6 Å². The molecule has 2 heterocycles. The number of hydrogen-bond acceptors (Lipinski definition) is 6. The molecule has 0 N–H and O–H groups in total. The zero-order chi connectivity index (χ0) is 10.9. The molecule has 2 saturated heterocycles. The summed E-state index contributed by atoms with van der Waals surface area (Å²) in [4.78, 5) is 0. The van der Waals surface area contributed by atoms with E-state index in [2.05, 4.69) is 10.8 Å². The standard InChI is InChI=1S/C7H11O6PS/c1-2-6-3-10-14(12-6)13-7-4-11-15(8,9)5-7/h2,6-7H,1,3-5H2. The number of rotatable bonds is 3. The average Bonchev–Trinajstić information content (AvgIpc) is 2.73. The summed E-state index contributed by atoms with van der Waals surface area (Å²) in [5.74, 6) is -0.142. The van der Waals surface area contributed by atoms with E-state index in [1.165, 1.54) is 0 Å². The van der Waals surface area contributed by atoms with Gasteiger partial charge in [-0.05, 0) is 0 Å². The van der Waals surface area contributed by atoms with Crippen LogP contribution in [0.2, 0.25) is 0 Å². The molecule has 15 heavy (non-hydrogen) atoms. The van der Waals surface area contributed by atoms with Crippen LogP contribution < -0.4 is 0 Å². The lowest BCUT2D eigenvalue weighted by Crippen LogP contribution is -2.14. The monoisotopic (exact) mass is 254 g/mol. The Morgan fingerprint density at radius 3 is 2.80 bits per heavy atom. The summed E-state index contributed by atoms with van der Waals surface area (Å²) in [5, 5.41) is 0. The number of hydrogen-bond donors (Lipinski definition) is 0. The SMILES string of the molecule is C=CC1COP(OC2COS(=O)(=O)C2)O1. The zero-order valence-corrected chi connectivity index (χ0v) is 9.58. The third kappa shape index (κ3) is 2.96. The van der Waals surface area contributed by atoms with Crippen LogP contribution in [-0.4, -0.2) is 39.6 Å². The van der Waals surface area contributed by atoms with Crippen molar-refractivity contribution >= 4 is 18.7 Å². The lowest BCUT2D eigenvalue weighted by molar-refractivity contribution is 0.151. The van der Waals surface area contributed by atoms with Crippen LogP contribution in [0.1, 0.15) is 0 Å². The lowest BCUT2D eigenvalue weighted by Gasteiger charge is -2.11. The molecule has 2 fully saturated rings. The molecule has 0 saturated carbocycles. The summed E-state index contributed by atoms with van der Waals surface area (Å²) < 4.78 is 42.2. The van der Waals surface area contributed by atoms with Gasteiger partial charge in [0.05, 0.1) is 13.2 Å². The van der Waals surface area contributed by atoms with Gasteiger partial charge < -0.3 is 13.6 Å². The first-order chi connectivity index (χ1) is 7.09. The minimum atomic E-state index is -3.40. The highest BCUT2D eigenvalue weighted by Gasteiger charge is 2.36. The Morgan fingerprint density at radius 2 is 2.27 bits per heavy atom. The highest BCUT2D eigenvalue weighted by atomic mass is 32.2. The van der Waals surface area contributed by atoms with Gasteiger partial charge in [0.1, 0.15) is 18.0 Å². The minimum absolute atomic E-state index is 0.0344. The molecule has 3 atom stereocenters. The Hall–Kier alpha value is -0.0400. The van der Waals surface area contributed by atoms with Crippen molar-refractivity contribution in [3.8, 4) is 0 Å². The summed E-state index contributed by atoms with van der Waals surface area (Å²) in [6.45, 7) is 3.99. The van der Waals surface area contributed by atoms with Crippen LogP contribution in [0, 0.1) is 0 Å². The van der Waals surface area contributed by atoms with Crippen LogP contribution >= 0.6 is 8.60 Å². The highest BCUT2D eigenvalue weighted by Crippen LogP contribution is 2.48. The van der Waals surface area contributed by atoms with Crippen molar-refractivity contribution < 1.29 is 26.2 Å². The molecule has 0 aromatic heterocycles. The van der Waals surface area contributed by atoms with E-state index in [0.717, 1.165) is 0 Å². The van der Waals surface area contributed by atoms with E-state index in [9.17, 15) is 8.42 Å². The van der Waals surface area contributed by atoms with E-state index >= 15 is 0 Å². The van der Waals surface area contributed by atoms with Crippen LogP contribution in [0.25, 0.3) is 0 Å². The van der Waals surface area contributed by atoms with Crippen molar-refractivity contribution in [2.24, 2.45) is 0 Å². The maximum absolute atomic E-state index is 10.9. The van der Waals surface area contributed by atoms with Gasteiger partial charge in [0, 0.05) is 0 Å². The molecule has 0 aromatic rings. The van der Waals surface area contributed by atoms with Crippen molar-refractivity contribution in [1.82, 2.24) is 0 Å². The largest absolute Gasteiger partial charge is 0.333 e. The summed E-state index contributed by atoms with van der Waals surface area (Å²) in [6, 6.07) is 0. The Labute approximate surface area is 89.3 Å². The van der Waals surface area contributed by atoms with Crippen LogP contribution in [0.4, 0.5) is 0 Å². The molecule has 0 spiro atoms. The molecule has 6 nitrogen and oxygen atoms in total. The molecule has 0 radical (unpaired) electrons. The maximum Gasteiger partial charge on any atom is 0.333 e. The summed E-state index contributed by atoms with van der Waals surface area (Å²) >= 11 is 0. The third-order valence-electron chi connectivity index (χ3n) is 1.89. The van der Waals surface area contributed by atoms with Crippen molar-refractivity contribution in [3.63, 3.8) is 0 Å². The topological polar surface area (TPSA) is 71.1 Å². The molecular formula is C7H11O6PS. The van der Waals surface area contributed by atoms with Gasteiger partial charge >= 0.3 is 8.60 Å². The van der Waals surface area contributed by atoms with Crippen molar-refractivity contribution in [3.05, 3.63) is 12.7 Å². The quantitative estimate of drug-likeness (QED) is 0.416. The van der Waals surface area contributed by atoms with Crippen molar-refractivity contribution in [2.75, 3.05) is 19.0 Å². The molecule has 3 unspecified atom stereocenters. The predicted molar refractivity (Wildman–Crippen MR) is 52.6 cm³/mol. The Morgan fingerprint density at radius 1 is 1.47 bits per heavy atom. The molecule has 8 heteroatoms. The second-order valence-electron chi connectivity index (χ2n) is 3.14. The molecule has 0 aromatic carbocycles. The van der Waals surface area contributed by atoms with Gasteiger partial charge in [-0.3, -0.25) is 4.18 Å². The van der Waals surface area contributed by atoms with E-state index in [1.807, 2.05) is 0 Å². The molecule has 0 aliphatic carbocycles. The highest BCUT2D eigenvalue weighted by molar-refractivity contribution is 7.87. The zero-order valence-electron chi connectivity index (χ0n) is 7.87. The normalized spacial score (nSPS) is 39.3. The van der Waals surface area contributed by atoms with Crippen LogP contribution in [0.3, 0.4) is 0 Å². The summed E-state index contributed by atoms with van der Waals surface area (Å²) in [7, 11) is -4.86. The van der Waals surface area contributed by atoms with Gasteiger partial charge in [-0.25, -0.2) is 0 Å². The average molecular weight is 254 g/mol. The second kappa shape index (κ2) is 4.45. The predicted octanol–water partition coefficient (Wildman–Crippen LogP) is 0.560. The summed E-state index contributed by atoms with van der Waals surface area (Å²) in [6.07, 6.45) is 0.952. The smallest absolute Gasteiger partial charge is 0.309 e. The van der Waals surface area contributed by atoms with Gasteiger partial charge in [0.15, 0.2) is 0 Å². The van der Waals surface area contributed by atoms with E-state index in [-0.39, 0.29) is 18.5 Å². The maximum atomic E-state index is 10.9. The van der Waals surface area contributed by atoms with Gasteiger partial charge in [0.2, 0.25) is 0 Å². The third-order valence-corrected chi connectivity index (χ3v) is 4.44. The molecule has 2 aliphatic rings. The Bertz CT molecular complexity index is 341. The van der Waals surface area contributed by atoms with E-state index in [0.29, 0.717) is 6.61 Å². The van der Waals surface area contributed by atoms with Crippen molar-refractivity contribution in [2.45, 2.75) is 12.2 Å². The first-order valence-electron chi connectivity index (χ1n) is 4.35. The molecular weight excluding hydrogens is 243 g/mol. The van der Waals surface area contributed by atoms with Gasteiger partial charge in [-0.2, -0.15) is 8.42 Å². The molecule has 2 rings (SSSR count). The fourth-order valence-corrected chi connectivity index (χ4v) is 3.52. The van der Waals surface area contributed by atoms with Crippen molar-refractivity contribution in [1.29, 1.82) is 0 Å². The summed E-state index contributed by atoms with van der Waals surface area (Å²) in [5.41, 5.74) is 0. The van der Waals surface area contributed by atoms with Crippen LogP contribution in [0.15, 0.2) is 12.7 Å². The lowest BCUT2D eigenvalue weighted by atomic mass is 10.4. The Balaban J connectivity index is 1.82. The fourth-order valence-electron chi connectivity index (χ4n) is 1.16. The van der Waals surface area contributed by atoms with E-state index in [1.54, 1.807) is 6.08 Å². The molecule has 0 amide bonds. The first-order valence-corrected chi connectivity index (χ1v) is 7.02. The van der Waals surface area contributed by atoms with Gasteiger partial charge in [-0.1, -0.05) is 6.08 Å². The molecule has 0 bridgehead atoms. The second-order valence-corrected chi connectivity index (χ2v) is 5.95. The van der Waals surface area contributed by atoms with Gasteiger partial charge in [-0.15, -0.1) is 6.58 Å². The molecule has 2 aliphatic heterocycles. The fraction of sp³-hybridized carbons (Fsp3) is 0.714. The molecule has 86 valence electrons. The minimum Gasteiger partial charge on any atom is -0.309 e.